The van der Waals surface area contributed by atoms with E-state index in [4.69, 9.17) is 11.6 Å². The summed E-state index contributed by atoms with van der Waals surface area (Å²) >= 11 is 5.93. The Labute approximate surface area is 117 Å². The van der Waals surface area contributed by atoms with Crippen LogP contribution in [0.2, 0.25) is 5.28 Å². The average molecular weight is 284 g/mol. The van der Waals surface area contributed by atoms with E-state index in [1.54, 1.807) is 0 Å². The van der Waals surface area contributed by atoms with Gasteiger partial charge in [-0.1, -0.05) is 0 Å². The number of nitrogens with zero attached hydrogens (tertiary/aromatic N) is 4. The number of hydrogen-bond donors (Lipinski definition) is 2. The molecule has 1 saturated heterocycles. The first-order valence-corrected chi connectivity index (χ1v) is 7.18. The Morgan fingerprint density at radius 1 is 1.26 bits per heavy atom. The second-order valence-electron chi connectivity index (χ2n) is 5.21. The summed E-state index contributed by atoms with van der Waals surface area (Å²) in [6, 6.07) is 0. The number of nitrogens with one attached hydrogen (secondary N) is 1. The standard InChI is InChI=1S/C12H18ClN5O/c13-10-15-11(14-7-9(19)8-3-4-8)17-12(16-10)18-5-1-2-6-18/h8-9,19H,1-7H2,(H,14,15,16,17). The normalized spacial score (nSPS) is 20.6. The molecule has 1 aliphatic heterocycles. The van der Waals surface area contributed by atoms with Crippen molar-refractivity contribution in [3.8, 4) is 0 Å². The molecule has 0 bridgehead atoms. The van der Waals surface area contributed by atoms with Gasteiger partial charge < -0.3 is 15.3 Å². The number of aliphatic hydroxyl groups is 1. The zero-order valence-electron chi connectivity index (χ0n) is 10.7. The van der Waals surface area contributed by atoms with Gasteiger partial charge in [0.25, 0.3) is 0 Å². The van der Waals surface area contributed by atoms with Gasteiger partial charge in [0.15, 0.2) is 0 Å². The van der Waals surface area contributed by atoms with Crippen LogP contribution < -0.4 is 10.2 Å². The maximum absolute atomic E-state index is 9.82. The maximum atomic E-state index is 9.82. The third-order valence-corrected chi connectivity index (χ3v) is 3.79. The van der Waals surface area contributed by atoms with Gasteiger partial charge in [0.1, 0.15) is 0 Å². The number of hydrogen-bond acceptors (Lipinski definition) is 6. The zero-order chi connectivity index (χ0) is 13.2. The van der Waals surface area contributed by atoms with E-state index in [-0.39, 0.29) is 11.4 Å². The molecule has 2 N–H and O–H groups in total. The van der Waals surface area contributed by atoms with Crippen LogP contribution in [0.5, 0.6) is 0 Å². The Balaban J connectivity index is 1.66. The molecule has 1 unspecified atom stereocenters. The van der Waals surface area contributed by atoms with Crippen molar-refractivity contribution >= 4 is 23.5 Å². The van der Waals surface area contributed by atoms with Crippen molar-refractivity contribution in [2.75, 3.05) is 29.9 Å². The molecule has 19 heavy (non-hydrogen) atoms. The molecule has 1 saturated carbocycles. The Hall–Kier alpha value is -1.14. The highest BCUT2D eigenvalue weighted by Gasteiger charge is 2.29. The molecule has 0 aromatic carbocycles. The van der Waals surface area contributed by atoms with Crippen LogP contribution in [-0.4, -0.2) is 45.8 Å². The Morgan fingerprint density at radius 2 is 2.00 bits per heavy atom. The summed E-state index contributed by atoms with van der Waals surface area (Å²) in [4.78, 5) is 14.7. The number of anilines is 2. The molecule has 3 rings (SSSR count). The van der Waals surface area contributed by atoms with E-state index in [0.29, 0.717) is 24.4 Å². The van der Waals surface area contributed by atoms with Crippen molar-refractivity contribution < 1.29 is 5.11 Å². The van der Waals surface area contributed by atoms with E-state index in [0.717, 1.165) is 38.8 Å². The lowest BCUT2D eigenvalue weighted by atomic mass is 10.2. The number of aliphatic hydroxyl groups excluding tert-OH is 1. The lowest BCUT2D eigenvalue weighted by molar-refractivity contribution is 0.164. The van der Waals surface area contributed by atoms with Crippen LogP contribution in [0.3, 0.4) is 0 Å². The Morgan fingerprint density at radius 3 is 2.68 bits per heavy atom. The van der Waals surface area contributed by atoms with Gasteiger partial charge in [-0.15, -0.1) is 0 Å². The Kier molecular flexibility index (Phi) is 3.70. The molecule has 1 aromatic rings. The second-order valence-corrected chi connectivity index (χ2v) is 5.55. The van der Waals surface area contributed by atoms with E-state index in [1.807, 2.05) is 0 Å². The van der Waals surface area contributed by atoms with Crippen LogP contribution in [0.25, 0.3) is 0 Å². The molecule has 104 valence electrons. The van der Waals surface area contributed by atoms with Gasteiger partial charge in [-0.2, -0.15) is 15.0 Å². The summed E-state index contributed by atoms with van der Waals surface area (Å²) in [5.41, 5.74) is 0. The van der Waals surface area contributed by atoms with Crippen molar-refractivity contribution in [2.24, 2.45) is 5.92 Å². The van der Waals surface area contributed by atoms with Crippen LogP contribution in [0.15, 0.2) is 0 Å². The van der Waals surface area contributed by atoms with Crippen molar-refractivity contribution in [1.82, 2.24) is 15.0 Å². The summed E-state index contributed by atoms with van der Waals surface area (Å²) in [6.45, 7) is 2.39. The topological polar surface area (TPSA) is 74.2 Å². The lowest BCUT2D eigenvalue weighted by Crippen LogP contribution is -2.24. The fourth-order valence-corrected chi connectivity index (χ4v) is 2.48. The quantitative estimate of drug-likeness (QED) is 0.849. The fraction of sp³-hybridized carbons (Fsp3) is 0.750. The lowest BCUT2D eigenvalue weighted by Gasteiger charge is -2.16. The van der Waals surface area contributed by atoms with Gasteiger partial charge in [0.05, 0.1) is 6.10 Å². The highest BCUT2D eigenvalue weighted by molar-refractivity contribution is 6.28. The molecule has 7 heteroatoms. The van der Waals surface area contributed by atoms with Gasteiger partial charge in [-0.3, -0.25) is 0 Å². The minimum Gasteiger partial charge on any atom is -0.391 e. The minimum absolute atomic E-state index is 0.195. The molecule has 0 radical (unpaired) electrons. The Bertz CT molecular complexity index is 448. The highest BCUT2D eigenvalue weighted by atomic mass is 35.5. The molecule has 1 atom stereocenters. The second kappa shape index (κ2) is 5.46. The van der Waals surface area contributed by atoms with E-state index >= 15 is 0 Å². The molecule has 0 amide bonds. The molecular formula is C12H18ClN5O. The van der Waals surface area contributed by atoms with E-state index in [1.165, 1.54) is 0 Å². The monoisotopic (exact) mass is 283 g/mol. The molecular weight excluding hydrogens is 266 g/mol. The van der Waals surface area contributed by atoms with Gasteiger partial charge in [-0.25, -0.2) is 0 Å². The van der Waals surface area contributed by atoms with Gasteiger partial charge in [0.2, 0.25) is 17.2 Å². The average Bonchev–Trinajstić information content (AvgIpc) is 3.10. The molecule has 2 heterocycles. The first-order chi connectivity index (χ1) is 9.22. The fourth-order valence-electron chi connectivity index (χ4n) is 2.32. The number of aromatic nitrogens is 3. The van der Waals surface area contributed by atoms with Crippen LogP contribution >= 0.6 is 11.6 Å². The predicted octanol–water partition coefficient (Wildman–Crippen LogP) is 1.31. The SMILES string of the molecule is OC(CNc1nc(Cl)nc(N2CCCC2)n1)C1CC1. The molecule has 1 aromatic heterocycles. The molecule has 1 aliphatic carbocycles. The first kappa shape index (κ1) is 12.9. The van der Waals surface area contributed by atoms with Gasteiger partial charge >= 0.3 is 0 Å². The van der Waals surface area contributed by atoms with Gasteiger partial charge in [0, 0.05) is 19.6 Å². The minimum atomic E-state index is -0.328. The molecule has 2 aliphatic rings. The summed E-state index contributed by atoms with van der Waals surface area (Å²) in [5.74, 6) is 1.50. The van der Waals surface area contributed by atoms with Crippen molar-refractivity contribution in [3.05, 3.63) is 5.28 Å². The first-order valence-electron chi connectivity index (χ1n) is 6.81. The summed E-state index contributed by atoms with van der Waals surface area (Å²) < 4.78 is 0. The van der Waals surface area contributed by atoms with Crippen LogP contribution in [0.4, 0.5) is 11.9 Å². The summed E-state index contributed by atoms with van der Waals surface area (Å²) in [5, 5.41) is 13.1. The predicted molar refractivity (Wildman–Crippen MR) is 73.5 cm³/mol. The van der Waals surface area contributed by atoms with Crippen molar-refractivity contribution in [2.45, 2.75) is 31.8 Å². The van der Waals surface area contributed by atoms with E-state index < -0.39 is 0 Å². The van der Waals surface area contributed by atoms with E-state index in [2.05, 4.69) is 25.2 Å². The largest absolute Gasteiger partial charge is 0.391 e. The molecule has 0 spiro atoms. The van der Waals surface area contributed by atoms with Crippen LogP contribution in [0, 0.1) is 5.92 Å². The van der Waals surface area contributed by atoms with Crippen molar-refractivity contribution in [3.63, 3.8) is 0 Å². The highest BCUT2D eigenvalue weighted by Crippen LogP contribution is 2.32. The van der Waals surface area contributed by atoms with E-state index in [9.17, 15) is 5.11 Å². The molecule has 2 fully saturated rings. The van der Waals surface area contributed by atoms with Crippen LogP contribution in [0.1, 0.15) is 25.7 Å². The van der Waals surface area contributed by atoms with Gasteiger partial charge in [-0.05, 0) is 43.2 Å². The third kappa shape index (κ3) is 3.25. The summed E-state index contributed by atoms with van der Waals surface area (Å²) in [7, 11) is 0. The number of rotatable bonds is 5. The summed E-state index contributed by atoms with van der Waals surface area (Å²) in [6.07, 6.45) is 4.21. The molecule has 6 nitrogen and oxygen atoms in total. The smallest absolute Gasteiger partial charge is 0.231 e. The maximum Gasteiger partial charge on any atom is 0.231 e. The number of halogens is 1. The zero-order valence-corrected chi connectivity index (χ0v) is 11.5. The van der Waals surface area contributed by atoms with Crippen LogP contribution in [-0.2, 0) is 0 Å². The van der Waals surface area contributed by atoms with Crippen molar-refractivity contribution in [1.29, 1.82) is 0 Å². The third-order valence-electron chi connectivity index (χ3n) is 3.62.